The second-order valence-corrected chi connectivity index (χ2v) is 5.53. The van der Waals surface area contributed by atoms with Crippen molar-refractivity contribution in [2.75, 3.05) is 24.4 Å². The fourth-order valence-corrected chi connectivity index (χ4v) is 1.85. The van der Waals surface area contributed by atoms with Gasteiger partial charge in [0.25, 0.3) is 0 Å². The van der Waals surface area contributed by atoms with Gasteiger partial charge < -0.3 is 14.8 Å². The Morgan fingerprint density at radius 2 is 1.95 bits per heavy atom. The minimum atomic E-state index is 0.00330. The van der Waals surface area contributed by atoms with Gasteiger partial charge in [-0.05, 0) is 50.5 Å². The Bertz CT molecular complexity index is 422. The van der Waals surface area contributed by atoms with Crippen LogP contribution in [0.25, 0.3) is 0 Å². The van der Waals surface area contributed by atoms with E-state index in [1.165, 1.54) is 0 Å². The summed E-state index contributed by atoms with van der Waals surface area (Å²) in [5, 5.41) is 2.87. The highest BCUT2D eigenvalue weighted by Crippen LogP contribution is 2.16. The normalized spacial score (nSPS) is 12.0. The SMILES string of the molecule is CCC(C)OCCCC(=O)Nc1ccc(OCCCCl)cc1. The van der Waals surface area contributed by atoms with Crippen LogP contribution in [0.4, 0.5) is 5.69 Å². The molecule has 1 aromatic rings. The first-order valence-electron chi connectivity index (χ1n) is 7.86. The van der Waals surface area contributed by atoms with E-state index in [-0.39, 0.29) is 12.0 Å². The number of alkyl halides is 1. The highest BCUT2D eigenvalue weighted by molar-refractivity contribution is 6.17. The van der Waals surface area contributed by atoms with Crippen molar-refractivity contribution < 1.29 is 14.3 Å². The summed E-state index contributed by atoms with van der Waals surface area (Å²) in [6.07, 6.45) is 3.26. The quantitative estimate of drug-likeness (QED) is 0.489. The van der Waals surface area contributed by atoms with Crippen molar-refractivity contribution in [3.8, 4) is 5.75 Å². The molecule has 0 radical (unpaired) electrons. The third-order valence-electron chi connectivity index (χ3n) is 3.21. The van der Waals surface area contributed by atoms with Crippen LogP contribution in [0.1, 0.15) is 39.5 Å². The van der Waals surface area contributed by atoms with Gasteiger partial charge >= 0.3 is 0 Å². The molecule has 0 saturated carbocycles. The molecule has 0 fully saturated rings. The second-order valence-electron chi connectivity index (χ2n) is 5.16. The van der Waals surface area contributed by atoms with Crippen LogP contribution in [-0.2, 0) is 9.53 Å². The summed E-state index contributed by atoms with van der Waals surface area (Å²) >= 11 is 5.59. The summed E-state index contributed by atoms with van der Waals surface area (Å²) in [5.74, 6) is 1.38. The van der Waals surface area contributed by atoms with Crippen molar-refractivity contribution in [2.24, 2.45) is 0 Å². The largest absolute Gasteiger partial charge is 0.494 e. The molecule has 1 rings (SSSR count). The van der Waals surface area contributed by atoms with E-state index in [1.807, 2.05) is 31.2 Å². The van der Waals surface area contributed by atoms with Crippen molar-refractivity contribution in [1.29, 1.82) is 0 Å². The zero-order valence-electron chi connectivity index (χ0n) is 13.4. The lowest BCUT2D eigenvalue weighted by molar-refractivity contribution is -0.116. The van der Waals surface area contributed by atoms with Gasteiger partial charge in [0, 0.05) is 24.6 Å². The average molecular weight is 328 g/mol. The Labute approximate surface area is 138 Å². The fourth-order valence-electron chi connectivity index (χ4n) is 1.74. The number of rotatable bonds is 11. The molecule has 1 atom stereocenters. The van der Waals surface area contributed by atoms with E-state index < -0.39 is 0 Å². The van der Waals surface area contributed by atoms with Crippen LogP contribution in [0.15, 0.2) is 24.3 Å². The lowest BCUT2D eigenvalue weighted by atomic mass is 10.2. The smallest absolute Gasteiger partial charge is 0.224 e. The molecule has 0 aliphatic heterocycles. The number of carbonyl (C=O) groups excluding carboxylic acids is 1. The topological polar surface area (TPSA) is 47.6 Å². The number of ether oxygens (including phenoxy) is 2. The third kappa shape index (κ3) is 8.25. The van der Waals surface area contributed by atoms with Gasteiger partial charge in [0.2, 0.25) is 5.91 Å². The third-order valence-corrected chi connectivity index (χ3v) is 3.48. The lowest BCUT2D eigenvalue weighted by Crippen LogP contribution is -2.14. The maximum atomic E-state index is 11.8. The predicted molar refractivity (Wildman–Crippen MR) is 90.8 cm³/mol. The number of hydrogen-bond donors (Lipinski definition) is 1. The number of benzene rings is 1. The number of halogens is 1. The van der Waals surface area contributed by atoms with E-state index in [0.717, 1.165) is 30.7 Å². The first-order valence-corrected chi connectivity index (χ1v) is 8.39. The van der Waals surface area contributed by atoms with E-state index in [9.17, 15) is 4.79 Å². The van der Waals surface area contributed by atoms with Crippen LogP contribution in [0.3, 0.4) is 0 Å². The summed E-state index contributed by atoms with van der Waals surface area (Å²) in [7, 11) is 0. The maximum Gasteiger partial charge on any atom is 0.224 e. The molecule has 0 aliphatic rings. The van der Waals surface area contributed by atoms with Gasteiger partial charge in [0.05, 0.1) is 12.7 Å². The summed E-state index contributed by atoms with van der Waals surface area (Å²) in [6, 6.07) is 7.36. The number of anilines is 1. The number of amides is 1. The molecule has 0 bridgehead atoms. The van der Waals surface area contributed by atoms with Crippen molar-refractivity contribution >= 4 is 23.2 Å². The van der Waals surface area contributed by atoms with Crippen LogP contribution < -0.4 is 10.1 Å². The first-order chi connectivity index (χ1) is 10.7. The maximum absolute atomic E-state index is 11.8. The van der Waals surface area contributed by atoms with E-state index >= 15 is 0 Å². The van der Waals surface area contributed by atoms with Crippen molar-refractivity contribution in [3.05, 3.63) is 24.3 Å². The minimum Gasteiger partial charge on any atom is -0.494 e. The van der Waals surface area contributed by atoms with Crippen molar-refractivity contribution in [2.45, 2.75) is 45.6 Å². The molecule has 0 saturated heterocycles. The molecule has 1 aromatic carbocycles. The molecule has 22 heavy (non-hydrogen) atoms. The molecule has 4 nitrogen and oxygen atoms in total. The summed E-state index contributed by atoms with van der Waals surface area (Å²) < 4.78 is 11.1. The van der Waals surface area contributed by atoms with E-state index in [0.29, 0.717) is 25.5 Å². The summed E-state index contributed by atoms with van der Waals surface area (Å²) in [6.45, 7) is 5.35. The monoisotopic (exact) mass is 327 g/mol. The second kappa shape index (κ2) is 11.3. The molecule has 1 amide bonds. The Morgan fingerprint density at radius 1 is 1.23 bits per heavy atom. The van der Waals surface area contributed by atoms with Gasteiger partial charge in [0.1, 0.15) is 5.75 Å². The summed E-state index contributed by atoms with van der Waals surface area (Å²) in [4.78, 5) is 11.8. The number of carbonyl (C=O) groups is 1. The lowest BCUT2D eigenvalue weighted by Gasteiger charge is -2.10. The molecule has 0 aromatic heterocycles. The highest BCUT2D eigenvalue weighted by Gasteiger charge is 2.04. The molecular formula is C17H26ClNO3. The molecule has 5 heteroatoms. The predicted octanol–water partition coefficient (Wildman–Crippen LogP) is 4.23. The Balaban J connectivity index is 2.23. The van der Waals surface area contributed by atoms with Crippen molar-refractivity contribution in [1.82, 2.24) is 0 Å². The Hall–Kier alpha value is -1.26. The van der Waals surface area contributed by atoms with E-state index in [1.54, 1.807) is 0 Å². The molecule has 1 unspecified atom stereocenters. The van der Waals surface area contributed by atoms with Gasteiger partial charge in [-0.1, -0.05) is 6.92 Å². The zero-order chi connectivity index (χ0) is 16.2. The Kier molecular flexibility index (Phi) is 9.67. The van der Waals surface area contributed by atoms with Gasteiger partial charge in [-0.25, -0.2) is 0 Å². The van der Waals surface area contributed by atoms with Gasteiger partial charge in [0.15, 0.2) is 0 Å². The van der Waals surface area contributed by atoms with Gasteiger partial charge in [-0.3, -0.25) is 4.79 Å². The molecular weight excluding hydrogens is 302 g/mol. The van der Waals surface area contributed by atoms with Gasteiger partial charge in [-0.2, -0.15) is 0 Å². The minimum absolute atomic E-state index is 0.00330. The van der Waals surface area contributed by atoms with Crippen LogP contribution >= 0.6 is 11.6 Å². The van der Waals surface area contributed by atoms with Crippen LogP contribution in [0.5, 0.6) is 5.75 Å². The van der Waals surface area contributed by atoms with E-state index in [2.05, 4.69) is 12.2 Å². The van der Waals surface area contributed by atoms with Crippen molar-refractivity contribution in [3.63, 3.8) is 0 Å². The average Bonchev–Trinajstić information content (AvgIpc) is 2.53. The standard InChI is InChI=1S/C17H26ClNO3/c1-3-14(2)21-12-4-6-17(20)19-15-7-9-16(10-8-15)22-13-5-11-18/h7-10,14H,3-6,11-13H2,1-2H3,(H,19,20). The van der Waals surface area contributed by atoms with Crippen LogP contribution in [-0.4, -0.2) is 31.1 Å². The van der Waals surface area contributed by atoms with Crippen LogP contribution in [0, 0.1) is 0 Å². The number of hydrogen-bond acceptors (Lipinski definition) is 3. The zero-order valence-corrected chi connectivity index (χ0v) is 14.2. The Morgan fingerprint density at radius 3 is 2.59 bits per heavy atom. The first kappa shape index (κ1) is 18.8. The van der Waals surface area contributed by atoms with E-state index in [4.69, 9.17) is 21.1 Å². The summed E-state index contributed by atoms with van der Waals surface area (Å²) in [5.41, 5.74) is 0.775. The molecule has 124 valence electrons. The molecule has 0 aliphatic carbocycles. The fraction of sp³-hybridized carbons (Fsp3) is 0.588. The molecule has 0 spiro atoms. The van der Waals surface area contributed by atoms with Gasteiger partial charge in [-0.15, -0.1) is 11.6 Å². The molecule has 0 heterocycles. The highest BCUT2D eigenvalue weighted by atomic mass is 35.5. The van der Waals surface area contributed by atoms with Crippen LogP contribution in [0.2, 0.25) is 0 Å². The molecule has 1 N–H and O–H groups in total. The number of nitrogens with one attached hydrogen (secondary N) is 1.